The zero-order valence-corrected chi connectivity index (χ0v) is 9.10. The summed E-state index contributed by atoms with van der Waals surface area (Å²) in [6.07, 6.45) is 7.73. The molecule has 1 unspecified atom stereocenters. The molecule has 0 amide bonds. The maximum atomic E-state index is 6.22. The Labute approximate surface area is 82.4 Å². The third-order valence-corrected chi connectivity index (χ3v) is 3.46. The fourth-order valence-electron chi connectivity index (χ4n) is 2.35. The highest BCUT2D eigenvalue weighted by atomic mass is 14.7. The normalized spacial score (nSPS) is 23.9. The molecule has 1 atom stereocenters. The summed E-state index contributed by atoms with van der Waals surface area (Å²) in [6.45, 7) is 8.36. The van der Waals surface area contributed by atoms with Crippen molar-refractivity contribution in [1.29, 1.82) is 0 Å². The van der Waals surface area contributed by atoms with E-state index in [9.17, 15) is 0 Å². The Morgan fingerprint density at radius 3 is 2.38 bits per heavy atom. The van der Waals surface area contributed by atoms with Crippen molar-refractivity contribution in [3.63, 3.8) is 0 Å². The maximum Gasteiger partial charge on any atom is 0.0130 e. The molecule has 2 N–H and O–H groups in total. The van der Waals surface area contributed by atoms with E-state index in [2.05, 4.69) is 20.4 Å². The average molecular weight is 181 g/mol. The van der Waals surface area contributed by atoms with Crippen LogP contribution in [0.5, 0.6) is 0 Å². The highest BCUT2D eigenvalue weighted by molar-refractivity contribution is 4.98. The molecule has 1 nitrogen and oxygen atoms in total. The van der Waals surface area contributed by atoms with Crippen molar-refractivity contribution in [1.82, 2.24) is 0 Å². The summed E-state index contributed by atoms with van der Waals surface area (Å²) in [7, 11) is 0. The van der Waals surface area contributed by atoms with Gasteiger partial charge in [-0.05, 0) is 31.6 Å². The lowest BCUT2D eigenvalue weighted by molar-refractivity contribution is 0.169. The Kier molecular flexibility index (Phi) is 3.55. The quantitative estimate of drug-likeness (QED) is 0.664. The van der Waals surface area contributed by atoms with Crippen molar-refractivity contribution in [2.75, 3.05) is 0 Å². The lowest BCUT2D eigenvalue weighted by Gasteiger charge is -2.39. The van der Waals surface area contributed by atoms with Gasteiger partial charge in [0.25, 0.3) is 0 Å². The highest BCUT2D eigenvalue weighted by Crippen LogP contribution is 2.39. The summed E-state index contributed by atoms with van der Waals surface area (Å²) in [5, 5.41) is 0. The third-order valence-electron chi connectivity index (χ3n) is 3.46. The second-order valence-electron chi connectivity index (χ2n) is 4.98. The molecular weight excluding hydrogens is 158 g/mol. The largest absolute Gasteiger partial charge is 0.327 e. The van der Waals surface area contributed by atoms with Crippen molar-refractivity contribution >= 4 is 0 Å². The summed E-state index contributed by atoms with van der Waals surface area (Å²) in [5.41, 5.74) is 7.83. The number of hydrogen-bond acceptors (Lipinski definition) is 1. The van der Waals surface area contributed by atoms with Crippen LogP contribution in [0.3, 0.4) is 0 Å². The molecule has 0 aromatic carbocycles. The Morgan fingerprint density at radius 1 is 1.38 bits per heavy atom. The van der Waals surface area contributed by atoms with Gasteiger partial charge in [-0.15, -0.1) is 6.58 Å². The van der Waals surface area contributed by atoms with E-state index in [0.717, 1.165) is 6.42 Å². The molecule has 0 bridgehead atoms. The molecular formula is C12H23N. The smallest absolute Gasteiger partial charge is 0.0130 e. The number of rotatable bonds is 3. The van der Waals surface area contributed by atoms with Gasteiger partial charge in [0.15, 0.2) is 0 Å². The molecule has 0 saturated heterocycles. The third kappa shape index (κ3) is 2.84. The Balaban J connectivity index is 2.51. The van der Waals surface area contributed by atoms with E-state index in [-0.39, 0.29) is 0 Å². The molecule has 1 aliphatic rings. The Morgan fingerprint density at radius 2 is 1.92 bits per heavy atom. The topological polar surface area (TPSA) is 26.0 Å². The van der Waals surface area contributed by atoms with Gasteiger partial charge in [0.2, 0.25) is 0 Å². The van der Waals surface area contributed by atoms with Crippen LogP contribution in [0.25, 0.3) is 0 Å². The van der Waals surface area contributed by atoms with Gasteiger partial charge >= 0.3 is 0 Å². The van der Waals surface area contributed by atoms with Gasteiger partial charge < -0.3 is 5.73 Å². The molecule has 0 radical (unpaired) electrons. The Hall–Kier alpha value is -0.300. The summed E-state index contributed by atoms with van der Waals surface area (Å²) in [6, 6.07) is 0.324. The minimum absolute atomic E-state index is 0.324. The van der Waals surface area contributed by atoms with Crippen LogP contribution in [-0.4, -0.2) is 6.04 Å². The van der Waals surface area contributed by atoms with Crippen molar-refractivity contribution in [3.8, 4) is 0 Å². The molecule has 0 heterocycles. The SMILES string of the molecule is C=C(C)CC(N)C1(C)CCCCC1. The van der Waals surface area contributed by atoms with E-state index >= 15 is 0 Å². The summed E-state index contributed by atoms with van der Waals surface area (Å²) < 4.78 is 0. The number of hydrogen-bond donors (Lipinski definition) is 1. The van der Waals surface area contributed by atoms with Crippen LogP contribution in [0.15, 0.2) is 12.2 Å². The van der Waals surface area contributed by atoms with Crippen molar-refractivity contribution in [2.45, 2.75) is 58.4 Å². The molecule has 1 rings (SSSR count). The molecule has 0 aromatic rings. The second kappa shape index (κ2) is 4.28. The van der Waals surface area contributed by atoms with E-state index in [0.29, 0.717) is 11.5 Å². The molecule has 76 valence electrons. The first-order valence-corrected chi connectivity index (χ1v) is 5.44. The number of nitrogens with two attached hydrogens (primary N) is 1. The Bertz CT molecular complexity index is 178. The van der Waals surface area contributed by atoms with Gasteiger partial charge in [-0.2, -0.15) is 0 Å². The van der Waals surface area contributed by atoms with Crippen molar-refractivity contribution < 1.29 is 0 Å². The highest BCUT2D eigenvalue weighted by Gasteiger charge is 2.32. The van der Waals surface area contributed by atoms with Crippen LogP contribution >= 0.6 is 0 Å². The van der Waals surface area contributed by atoms with Gasteiger partial charge in [-0.3, -0.25) is 0 Å². The first kappa shape index (κ1) is 10.8. The lowest BCUT2D eigenvalue weighted by Crippen LogP contribution is -2.41. The van der Waals surface area contributed by atoms with Crippen LogP contribution in [0.1, 0.15) is 52.4 Å². The zero-order valence-electron chi connectivity index (χ0n) is 9.10. The predicted octanol–water partition coefficient (Wildman–Crippen LogP) is 3.25. The summed E-state index contributed by atoms with van der Waals surface area (Å²) in [5.74, 6) is 0. The molecule has 1 fully saturated rings. The monoisotopic (exact) mass is 181 g/mol. The fraction of sp³-hybridized carbons (Fsp3) is 0.833. The fourth-order valence-corrected chi connectivity index (χ4v) is 2.35. The standard InChI is InChI=1S/C12H23N/c1-10(2)9-11(13)12(3)7-5-4-6-8-12/h11H,1,4-9,13H2,2-3H3. The van der Waals surface area contributed by atoms with Crippen LogP contribution in [-0.2, 0) is 0 Å². The van der Waals surface area contributed by atoms with Crippen LogP contribution in [0.4, 0.5) is 0 Å². The van der Waals surface area contributed by atoms with Crippen molar-refractivity contribution in [3.05, 3.63) is 12.2 Å². The first-order valence-electron chi connectivity index (χ1n) is 5.44. The molecule has 1 heteroatoms. The minimum atomic E-state index is 0.324. The molecule has 0 aromatic heterocycles. The second-order valence-corrected chi connectivity index (χ2v) is 4.98. The van der Waals surface area contributed by atoms with Crippen LogP contribution < -0.4 is 5.73 Å². The van der Waals surface area contributed by atoms with Gasteiger partial charge in [0, 0.05) is 6.04 Å². The summed E-state index contributed by atoms with van der Waals surface area (Å²) in [4.78, 5) is 0. The van der Waals surface area contributed by atoms with Crippen LogP contribution in [0, 0.1) is 5.41 Å². The van der Waals surface area contributed by atoms with Crippen LogP contribution in [0.2, 0.25) is 0 Å². The van der Waals surface area contributed by atoms with Gasteiger partial charge in [0.1, 0.15) is 0 Å². The van der Waals surface area contributed by atoms with E-state index in [1.54, 1.807) is 0 Å². The van der Waals surface area contributed by atoms with E-state index in [1.165, 1.54) is 37.7 Å². The average Bonchev–Trinajstić information content (AvgIpc) is 2.04. The van der Waals surface area contributed by atoms with Crippen molar-refractivity contribution in [2.24, 2.45) is 11.1 Å². The van der Waals surface area contributed by atoms with Gasteiger partial charge in [0.05, 0.1) is 0 Å². The van der Waals surface area contributed by atoms with E-state index < -0.39 is 0 Å². The lowest BCUT2D eigenvalue weighted by atomic mass is 9.69. The van der Waals surface area contributed by atoms with Gasteiger partial charge in [-0.1, -0.05) is 31.8 Å². The molecule has 13 heavy (non-hydrogen) atoms. The summed E-state index contributed by atoms with van der Waals surface area (Å²) >= 11 is 0. The van der Waals surface area contributed by atoms with E-state index in [4.69, 9.17) is 5.73 Å². The molecule has 0 aliphatic heterocycles. The molecule has 1 saturated carbocycles. The minimum Gasteiger partial charge on any atom is -0.327 e. The van der Waals surface area contributed by atoms with Gasteiger partial charge in [-0.25, -0.2) is 0 Å². The maximum absolute atomic E-state index is 6.22. The predicted molar refractivity (Wildman–Crippen MR) is 58.6 cm³/mol. The molecule has 1 aliphatic carbocycles. The van der Waals surface area contributed by atoms with E-state index in [1.807, 2.05) is 0 Å². The first-order chi connectivity index (χ1) is 6.04. The zero-order chi connectivity index (χ0) is 9.90. The molecule has 0 spiro atoms.